The maximum absolute atomic E-state index is 13.1. The van der Waals surface area contributed by atoms with Gasteiger partial charge >= 0.3 is 5.97 Å². The van der Waals surface area contributed by atoms with Crippen molar-refractivity contribution in [2.24, 2.45) is 5.92 Å². The Morgan fingerprint density at radius 1 is 1.33 bits per heavy atom. The van der Waals surface area contributed by atoms with Crippen LogP contribution in [-0.4, -0.2) is 40.0 Å². The lowest BCUT2D eigenvalue weighted by Gasteiger charge is -2.16. The third kappa shape index (κ3) is 3.46. The van der Waals surface area contributed by atoms with Gasteiger partial charge in [0.1, 0.15) is 5.82 Å². The van der Waals surface area contributed by atoms with E-state index < -0.39 is 11.9 Å². The van der Waals surface area contributed by atoms with Gasteiger partial charge in [0.25, 0.3) is 0 Å². The molecule has 1 aliphatic rings. The summed E-state index contributed by atoms with van der Waals surface area (Å²) < 4.78 is 13.1. The van der Waals surface area contributed by atoms with Gasteiger partial charge < -0.3 is 10.0 Å². The van der Waals surface area contributed by atoms with E-state index in [9.17, 15) is 19.1 Å². The molecule has 1 amide bonds. The molecule has 1 aromatic heterocycles. The molecule has 126 valence electrons. The minimum absolute atomic E-state index is 0.129. The summed E-state index contributed by atoms with van der Waals surface area (Å²) in [5, 5.41) is 12.2. The summed E-state index contributed by atoms with van der Waals surface area (Å²) in [6.45, 7) is 2.36. The number of hydrogen-bond donors (Lipinski definition) is 1. The van der Waals surface area contributed by atoms with Gasteiger partial charge in [-0.25, -0.2) is 9.37 Å². The Bertz CT molecular complexity index is 759. The average Bonchev–Trinajstić information content (AvgIpc) is 3.15. The van der Waals surface area contributed by atoms with Crippen molar-refractivity contribution < 1.29 is 19.1 Å². The van der Waals surface area contributed by atoms with E-state index in [0.717, 1.165) is 10.6 Å². The van der Waals surface area contributed by atoms with Crippen molar-refractivity contribution in [2.45, 2.75) is 19.3 Å². The predicted octanol–water partition coefficient (Wildman–Crippen LogP) is 2.46. The van der Waals surface area contributed by atoms with Crippen molar-refractivity contribution in [3.63, 3.8) is 0 Å². The number of carbonyl (C=O) groups excluding carboxylic acids is 1. The third-order valence-electron chi connectivity index (χ3n) is 4.29. The second kappa shape index (κ2) is 6.68. The van der Waals surface area contributed by atoms with Gasteiger partial charge in [0.05, 0.1) is 23.0 Å². The Balaban J connectivity index is 1.75. The molecule has 0 aliphatic carbocycles. The summed E-state index contributed by atoms with van der Waals surface area (Å²) in [4.78, 5) is 29.9. The van der Waals surface area contributed by atoms with Gasteiger partial charge in [0.2, 0.25) is 5.91 Å². The van der Waals surface area contributed by atoms with Gasteiger partial charge in [0.15, 0.2) is 0 Å². The predicted molar refractivity (Wildman–Crippen MR) is 87.4 cm³/mol. The lowest BCUT2D eigenvalue weighted by Crippen LogP contribution is -2.31. The van der Waals surface area contributed by atoms with Crippen LogP contribution in [-0.2, 0) is 16.0 Å². The van der Waals surface area contributed by atoms with Crippen molar-refractivity contribution >= 4 is 23.2 Å². The normalized spacial score (nSPS) is 20.3. The van der Waals surface area contributed by atoms with Crippen LogP contribution in [0.15, 0.2) is 29.6 Å². The molecule has 24 heavy (non-hydrogen) atoms. The maximum atomic E-state index is 13.1. The number of carboxylic acid groups (broad SMARTS) is 1. The number of amides is 1. The Morgan fingerprint density at radius 2 is 2.04 bits per heavy atom. The van der Waals surface area contributed by atoms with Crippen LogP contribution in [0.25, 0.3) is 0 Å². The fourth-order valence-corrected chi connectivity index (χ4v) is 3.67. The summed E-state index contributed by atoms with van der Waals surface area (Å²) >= 11 is 1.48. The fourth-order valence-electron chi connectivity index (χ4n) is 3.06. The topological polar surface area (TPSA) is 70.5 Å². The monoisotopic (exact) mass is 348 g/mol. The van der Waals surface area contributed by atoms with Crippen molar-refractivity contribution in [3.8, 4) is 0 Å². The molecule has 1 aromatic carbocycles. The number of carboxylic acids is 1. The van der Waals surface area contributed by atoms with Crippen LogP contribution in [0.3, 0.4) is 0 Å². The second-order valence-electron chi connectivity index (χ2n) is 5.94. The van der Waals surface area contributed by atoms with Gasteiger partial charge in [0, 0.05) is 24.4 Å². The highest BCUT2D eigenvalue weighted by Gasteiger charge is 2.40. The van der Waals surface area contributed by atoms with E-state index in [1.807, 2.05) is 12.3 Å². The molecule has 2 heterocycles. The lowest BCUT2D eigenvalue weighted by atomic mass is 9.89. The standard InChI is InChI=1S/C17H17FN2O3S/c1-10-19-13(9-24-10)6-16(21)20-7-14(15(8-20)17(22)23)11-2-4-12(18)5-3-11/h2-5,9,14-15H,6-8H2,1H3,(H,22,23)/t14-,15+/m1/s1. The molecule has 1 saturated heterocycles. The van der Waals surface area contributed by atoms with Crippen molar-refractivity contribution in [1.29, 1.82) is 0 Å². The Labute approximate surface area is 142 Å². The second-order valence-corrected chi connectivity index (χ2v) is 7.00. The molecular weight excluding hydrogens is 331 g/mol. The van der Waals surface area contributed by atoms with Gasteiger partial charge in [-0.2, -0.15) is 0 Å². The van der Waals surface area contributed by atoms with E-state index in [1.54, 1.807) is 17.0 Å². The van der Waals surface area contributed by atoms with Crippen LogP contribution in [0.4, 0.5) is 4.39 Å². The molecule has 2 atom stereocenters. The number of aryl methyl sites for hydroxylation is 1. The fraction of sp³-hybridized carbons (Fsp3) is 0.353. The SMILES string of the molecule is Cc1nc(CC(=O)N2C[C@H](C(=O)O)[C@@H](c3ccc(F)cc3)C2)cs1. The van der Waals surface area contributed by atoms with E-state index in [0.29, 0.717) is 12.2 Å². The number of thiazole rings is 1. The first-order chi connectivity index (χ1) is 11.4. The first-order valence-electron chi connectivity index (χ1n) is 7.61. The van der Waals surface area contributed by atoms with Gasteiger partial charge in [-0.15, -0.1) is 11.3 Å². The van der Waals surface area contributed by atoms with E-state index in [2.05, 4.69) is 4.98 Å². The molecule has 5 nitrogen and oxygen atoms in total. The molecule has 1 fully saturated rings. The number of aliphatic carboxylic acids is 1. The molecule has 1 aliphatic heterocycles. The van der Waals surface area contributed by atoms with Crippen LogP contribution in [0.2, 0.25) is 0 Å². The van der Waals surface area contributed by atoms with E-state index in [1.165, 1.54) is 23.5 Å². The maximum Gasteiger partial charge on any atom is 0.308 e. The van der Waals surface area contributed by atoms with Gasteiger partial charge in [-0.05, 0) is 24.6 Å². The van der Waals surface area contributed by atoms with Crippen molar-refractivity contribution in [3.05, 3.63) is 51.7 Å². The number of hydrogen-bond acceptors (Lipinski definition) is 4. The molecule has 7 heteroatoms. The first kappa shape index (κ1) is 16.6. The summed E-state index contributed by atoms with van der Waals surface area (Å²) in [5.74, 6) is -2.45. The van der Waals surface area contributed by atoms with Crippen LogP contribution < -0.4 is 0 Å². The zero-order chi connectivity index (χ0) is 17.3. The summed E-state index contributed by atoms with van der Waals surface area (Å²) in [7, 11) is 0. The quantitative estimate of drug-likeness (QED) is 0.921. The summed E-state index contributed by atoms with van der Waals surface area (Å²) in [6.07, 6.45) is 0.173. The number of nitrogens with zero attached hydrogens (tertiary/aromatic N) is 2. The molecule has 2 aromatic rings. The minimum Gasteiger partial charge on any atom is -0.481 e. The van der Waals surface area contributed by atoms with Crippen molar-refractivity contribution in [2.75, 3.05) is 13.1 Å². The highest BCUT2D eigenvalue weighted by Crippen LogP contribution is 2.33. The van der Waals surface area contributed by atoms with E-state index in [-0.39, 0.29) is 30.6 Å². The number of benzene rings is 1. The number of halogens is 1. The largest absolute Gasteiger partial charge is 0.481 e. The van der Waals surface area contributed by atoms with Crippen LogP contribution in [0, 0.1) is 18.7 Å². The molecular formula is C17H17FN2O3S. The number of carbonyl (C=O) groups is 2. The Kier molecular flexibility index (Phi) is 4.62. The zero-order valence-electron chi connectivity index (χ0n) is 13.1. The Hall–Kier alpha value is -2.28. The summed E-state index contributed by atoms with van der Waals surface area (Å²) in [6, 6.07) is 5.81. The highest BCUT2D eigenvalue weighted by molar-refractivity contribution is 7.09. The van der Waals surface area contributed by atoms with Gasteiger partial charge in [-0.1, -0.05) is 12.1 Å². The van der Waals surface area contributed by atoms with Crippen molar-refractivity contribution in [1.82, 2.24) is 9.88 Å². The smallest absolute Gasteiger partial charge is 0.308 e. The number of aromatic nitrogens is 1. The Morgan fingerprint density at radius 3 is 2.62 bits per heavy atom. The van der Waals surface area contributed by atoms with Gasteiger partial charge in [-0.3, -0.25) is 9.59 Å². The molecule has 3 rings (SSSR count). The molecule has 0 radical (unpaired) electrons. The number of likely N-dealkylation sites (tertiary alicyclic amines) is 1. The van der Waals surface area contributed by atoms with Crippen LogP contribution >= 0.6 is 11.3 Å². The molecule has 0 saturated carbocycles. The molecule has 0 spiro atoms. The highest BCUT2D eigenvalue weighted by atomic mass is 32.1. The molecule has 0 unspecified atom stereocenters. The minimum atomic E-state index is -0.941. The van der Waals surface area contributed by atoms with Crippen LogP contribution in [0.1, 0.15) is 22.2 Å². The summed E-state index contributed by atoms with van der Waals surface area (Å²) in [5.41, 5.74) is 1.45. The third-order valence-corrected chi connectivity index (χ3v) is 5.11. The zero-order valence-corrected chi connectivity index (χ0v) is 13.9. The molecule has 1 N–H and O–H groups in total. The van der Waals surface area contributed by atoms with E-state index >= 15 is 0 Å². The van der Waals surface area contributed by atoms with Crippen LogP contribution in [0.5, 0.6) is 0 Å². The molecule has 0 bridgehead atoms. The lowest BCUT2D eigenvalue weighted by molar-refractivity contribution is -0.141. The van der Waals surface area contributed by atoms with E-state index in [4.69, 9.17) is 0 Å². The first-order valence-corrected chi connectivity index (χ1v) is 8.49. The number of rotatable bonds is 4. The average molecular weight is 348 g/mol.